The summed E-state index contributed by atoms with van der Waals surface area (Å²) in [7, 11) is 0. The van der Waals surface area contributed by atoms with Gasteiger partial charge in [-0.05, 0) is 98.8 Å². The van der Waals surface area contributed by atoms with Gasteiger partial charge in [0.2, 0.25) is 0 Å². The molecule has 6 heteroatoms. The topological polar surface area (TPSA) is 99.1 Å². The standard InChI is InChI=1S/C51H30N6/c52-29-33-23-24-55-49(26-33)48-20-10-19-47(57-48)42-28-44-50(40-16-8-7-15-39(40)42)41-22-21-35(45-17-9-18-46(56-45)36-25-34(30-53)31-54-32-36)27-43(41)51(44,37-11-3-1-4-12-37)38-13-5-2-6-14-38/h1-28,31-32H. The van der Waals surface area contributed by atoms with Gasteiger partial charge in [0.25, 0.3) is 0 Å². The quantitative estimate of drug-likeness (QED) is 0.169. The molecule has 0 amide bonds. The summed E-state index contributed by atoms with van der Waals surface area (Å²) in [5, 5.41) is 21.4. The Morgan fingerprint density at radius 3 is 1.82 bits per heavy atom. The number of rotatable bonds is 6. The Labute approximate surface area is 329 Å². The average Bonchev–Trinajstić information content (AvgIpc) is 3.60. The maximum absolute atomic E-state index is 9.61. The number of nitriles is 2. The van der Waals surface area contributed by atoms with Crippen molar-refractivity contribution in [3.63, 3.8) is 0 Å². The first kappa shape index (κ1) is 33.5. The highest BCUT2D eigenvalue weighted by Crippen LogP contribution is 2.59. The highest BCUT2D eigenvalue weighted by atomic mass is 14.8. The van der Waals surface area contributed by atoms with Gasteiger partial charge in [0.15, 0.2) is 0 Å². The zero-order valence-electron chi connectivity index (χ0n) is 30.5. The first-order valence-corrected chi connectivity index (χ1v) is 18.6. The zero-order chi connectivity index (χ0) is 38.3. The normalized spacial score (nSPS) is 12.3. The van der Waals surface area contributed by atoms with Gasteiger partial charge in [-0.1, -0.05) is 109 Å². The maximum atomic E-state index is 9.61. The van der Waals surface area contributed by atoms with Crippen molar-refractivity contribution in [3.05, 3.63) is 216 Å². The fourth-order valence-electron chi connectivity index (χ4n) is 8.48. The Morgan fingerprint density at radius 1 is 0.439 bits per heavy atom. The number of fused-ring (bicyclic) bond motifs is 5. The minimum Gasteiger partial charge on any atom is -0.263 e. The van der Waals surface area contributed by atoms with E-state index in [9.17, 15) is 10.5 Å². The molecular formula is C51H30N6. The van der Waals surface area contributed by atoms with E-state index in [4.69, 9.17) is 9.97 Å². The summed E-state index contributed by atoms with van der Waals surface area (Å²) in [5.41, 5.74) is 13.8. The molecule has 1 aliphatic rings. The van der Waals surface area contributed by atoms with E-state index in [1.807, 2.05) is 36.4 Å². The molecule has 10 rings (SSSR count). The van der Waals surface area contributed by atoms with Gasteiger partial charge in [-0.2, -0.15) is 10.5 Å². The van der Waals surface area contributed by atoms with Gasteiger partial charge < -0.3 is 0 Å². The van der Waals surface area contributed by atoms with Crippen LogP contribution in [-0.4, -0.2) is 19.9 Å². The van der Waals surface area contributed by atoms with Crippen molar-refractivity contribution in [2.75, 3.05) is 0 Å². The molecule has 4 heterocycles. The molecule has 0 bridgehead atoms. The molecule has 0 unspecified atom stereocenters. The van der Waals surface area contributed by atoms with Crippen LogP contribution in [0.5, 0.6) is 0 Å². The van der Waals surface area contributed by atoms with Crippen molar-refractivity contribution in [2.45, 2.75) is 5.41 Å². The lowest BCUT2D eigenvalue weighted by Crippen LogP contribution is -2.28. The monoisotopic (exact) mass is 726 g/mol. The minimum absolute atomic E-state index is 0.490. The van der Waals surface area contributed by atoms with Crippen LogP contribution in [0.3, 0.4) is 0 Å². The number of aromatic nitrogens is 4. The van der Waals surface area contributed by atoms with Crippen LogP contribution in [0.15, 0.2) is 182 Å². The number of pyridine rings is 4. The summed E-state index contributed by atoms with van der Waals surface area (Å²) < 4.78 is 0. The first-order chi connectivity index (χ1) is 28.1. The van der Waals surface area contributed by atoms with Crippen LogP contribution < -0.4 is 0 Å². The summed E-state index contributed by atoms with van der Waals surface area (Å²) in [4.78, 5) is 19.2. The van der Waals surface area contributed by atoms with Crippen molar-refractivity contribution in [1.82, 2.24) is 19.9 Å². The largest absolute Gasteiger partial charge is 0.263 e. The minimum atomic E-state index is -0.703. The molecule has 0 fully saturated rings. The molecule has 4 aromatic heterocycles. The SMILES string of the molecule is N#Cc1cncc(-c2cccc(-c3ccc4c(c3)C(c3ccccc3)(c3ccccc3)c3cc(-c5cccc(-c6cc(C#N)ccn6)n5)c5ccccc5c3-4)n2)c1. The third-order valence-corrected chi connectivity index (χ3v) is 10.9. The van der Waals surface area contributed by atoms with Crippen molar-refractivity contribution in [2.24, 2.45) is 0 Å². The second-order valence-electron chi connectivity index (χ2n) is 14.1. The molecule has 0 atom stereocenters. The molecule has 6 nitrogen and oxygen atoms in total. The highest BCUT2D eigenvalue weighted by molar-refractivity contribution is 6.10. The van der Waals surface area contributed by atoms with E-state index in [0.29, 0.717) is 22.5 Å². The smallest absolute Gasteiger partial charge is 0.101 e. The maximum Gasteiger partial charge on any atom is 0.101 e. The second-order valence-corrected chi connectivity index (χ2v) is 14.1. The predicted octanol–water partition coefficient (Wildman–Crippen LogP) is 11.2. The fourth-order valence-corrected chi connectivity index (χ4v) is 8.48. The van der Waals surface area contributed by atoms with E-state index in [1.165, 1.54) is 11.1 Å². The predicted molar refractivity (Wildman–Crippen MR) is 224 cm³/mol. The van der Waals surface area contributed by atoms with Gasteiger partial charge in [0.05, 0.1) is 51.1 Å². The lowest BCUT2D eigenvalue weighted by molar-refractivity contribution is 0.769. The molecule has 0 saturated carbocycles. The van der Waals surface area contributed by atoms with Gasteiger partial charge >= 0.3 is 0 Å². The summed E-state index contributed by atoms with van der Waals surface area (Å²) in [5.74, 6) is 0. The Hall–Kier alpha value is -8.06. The summed E-state index contributed by atoms with van der Waals surface area (Å²) in [6.45, 7) is 0. The molecule has 0 N–H and O–H groups in total. The average molecular weight is 727 g/mol. The molecule has 57 heavy (non-hydrogen) atoms. The lowest BCUT2D eigenvalue weighted by atomic mass is 9.67. The van der Waals surface area contributed by atoms with Gasteiger partial charge in [-0.25, -0.2) is 9.97 Å². The number of hydrogen-bond donors (Lipinski definition) is 0. The summed E-state index contributed by atoms with van der Waals surface area (Å²) in [6.07, 6.45) is 4.96. The van der Waals surface area contributed by atoms with Crippen LogP contribution in [0, 0.1) is 22.7 Å². The van der Waals surface area contributed by atoms with Crippen LogP contribution in [0.25, 0.3) is 67.1 Å². The molecule has 0 spiro atoms. The van der Waals surface area contributed by atoms with Crippen LogP contribution in [0.2, 0.25) is 0 Å². The van der Waals surface area contributed by atoms with E-state index < -0.39 is 5.41 Å². The molecule has 5 aromatic carbocycles. The first-order valence-electron chi connectivity index (χ1n) is 18.6. The number of nitrogens with zero attached hydrogens (tertiary/aromatic N) is 6. The van der Waals surface area contributed by atoms with E-state index >= 15 is 0 Å². The molecule has 9 aromatic rings. The Bertz CT molecular complexity index is 3070. The third kappa shape index (κ3) is 5.48. The van der Waals surface area contributed by atoms with Gasteiger partial charge in [0.1, 0.15) is 6.07 Å². The second kappa shape index (κ2) is 13.7. The van der Waals surface area contributed by atoms with Crippen molar-refractivity contribution >= 4 is 10.8 Å². The van der Waals surface area contributed by atoms with Crippen molar-refractivity contribution in [1.29, 1.82) is 10.5 Å². The summed E-state index contributed by atoms with van der Waals surface area (Å²) >= 11 is 0. The Kier molecular flexibility index (Phi) is 8.03. The van der Waals surface area contributed by atoms with Crippen molar-refractivity contribution in [3.8, 4) is 68.4 Å². The van der Waals surface area contributed by atoms with Crippen LogP contribution in [-0.2, 0) is 5.41 Å². The molecule has 1 aliphatic carbocycles. The van der Waals surface area contributed by atoms with Gasteiger partial charge in [-0.15, -0.1) is 0 Å². The van der Waals surface area contributed by atoms with Crippen LogP contribution in [0.4, 0.5) is 0 Å². The molecule has 0 saturated heterocycles. The Morgan fingerprint density at radius 2 is 1.09 bits per heavy atom. The van der Waals surface area contributed by atoms with E-state index in [0.717, 1.165) is 66.8 Å². The van der Waals surface area contributed by atoms with E-state index in [1.54, 1.807) is 30.7 Å². The Balaban J connectivity index is 1.25. The van der Waals surface area contributed by atoms with Crippen LogP contribution >= 0.6 is 0 Å². The molecule has 0 aliphatic heterocycles. The number of benzene rings is 5. The molecule has 264 valence electrons. The van der Waals surface area contributed by atoms with Gasteiger partial charge in [-0.3, -0.25) is 9.97 Å². The van der Waals surface area contributed by atoms with Crippen LogP contribution in [0.1, 0.15) is 33.4 Å². The molecular weight excluding hydrogens is 697 g/mol. The fraction of sp³-hybridized carbons (Fsp3) is 0.0196. The highest BCUT2D eigenvalue weighted by Gasteiger charge is 2.47. The van der Waals surface area contributed by atoms with Crippen molar-refractivity contribution < 1.29 is 0 Å². The third-order valence-electron chi connectivity index (χ3n) is 10.9. The summed E-state index contributed by atoms with van der Waals surface area (Å²) in [6, 6.07) is 60.9. The van der Waals surface area contributed by atoms with Gasteiger partial charge in [0, 0.05) is 35.3 Å². The van der Waals surface area contributed by atoms with E-state index in [-0.39, 0.29) is 0 Å². The lowest BCUT2D eigenvalue weighted by Gasteiger charge is -2.34. The zero-order valence-corrected chi connectivity index (χ0v) is 30.5. The molecule has 0 radical (unpaired) electrons. The number of hydrogen-bond acceptors (Lipinski definition) is 6. The van der Waals surface area contributed by atoms with E-state index in [2.05, 4.69) is 137 Å².